The fourth-order valence-corrected chi connectivity index (χ4v) is 7.49. The summed E-state index contributed by atoms with van der Waals surface area (Å²) < 4.78 is 31.4. The minimum Gasteiger partial charge on any atom is -0.508 e. The van der Waals surface area contributed by atoms with E-state index < -0.39 is 31.5 Å². The highest BCUT2D eigenvalue weighted by Crippen LogP contribution is 2.45. The average Bonchev–Trinajstić information content (AvgIpc) is 2.82. The van der Waals surface area contributed by atoms with E-state index in [1.54, 1.807) is 58.0 Å². The van der Waals surface area contributed by atoms with E-state index in [-0.39, 0.29) is 31.0 Å². The molecular formula is C26H35Br2N2O7P. The molecule has 0 amide bonds. The molecule has 0 saturated heterocycles. The first-order valence-corrected chi connectivity index (χ1v) is 15.7. The summed E-state index contributed by atoms with van der Waals surface area (Å²) in [7, 11) is -3.57. The number of esters is 2. The fourth-order valence-electron chi connectivity index (χ4n) is 3.63. The molecule has 0 radical (unpaired) electrons. The summed E-state index contributed by atoms with van der Waals surface area (Å²) in [6.45, 7) is 10.8. The van der Waals surface area contributed by atoms with E-state index in [0.717, 1.165) is 5.56 Å². The molecule has 0 saturated carbocycles. The predicted octanol–water partition coefficient (Wildman–Crippen LogP) is 6.61. The molecule has 0 bridgehead atoms. The van der Waals surface area contributed by atoms with E-state index in [1.807, 2.05) is 13.8 Å². The minimum absolute atomic E-state index is 0.0331. The fraction of sp³-hybridized carbons (Fsp3) is 0.462. The molecule has 0 spiro atoms. The van der Waals surface area contributed by atoms with Crippen LogP contribution in [0.2, 0.25) is 0 Å². The second kappa shape index (κ2) is 14.5. The molecule has 2 aromatic carbocycles. The summed E-state index contributed by atoms with van der Waals surface area (Å²) in [6.07, 6.45) is -0.0331. The van der Waals surface area contributed by atoms with Crippen LogP contribution in [0, 0.1) is 0 Å². The maximum atomic E-state index is 14.0. The van der Waals surface area contributed by atoms with Gasteiger partial charge in [-0.15, -0.1) is 0 Å². The second-order valence-electron chi connectivity index (χ2n) is 8.97. The molecule has 2 aromatic rings. The third kappa shape index (κ3) is 9.09. The van der Waals surface area contributed by atoms with Crippen molar-refractivity contribution in [2.45, 2.75) is 65.7 Å². The van der Waals surface area contributed by atoms with Gasteiger partial charge in [0.05, 0.1) is 28.3 Å². The number of carbonyl (C=O) groups excluding carboxylic acids is 2. The topological polar surface area (TPSA) is 123 Å². The van der Waals surface area contributed by atoms with E-state index in [4.69, 9.17) is 14.2 Å². The summed E-state index contributed by atoms with van der Waals surface area (Å²) in [4.78, 5) is 24.5. The van der Waals surface area contributed by atoms with Gasteiger partial charge in [-0.1, -0.05) is 13.8 Å². The van der Waals surface area contributed by atoms with Crippen LogP contribution in [0.15, 0.2) is 39.3 Å². The van der Waals surface area contributed by atoms with Crippen molar-refractivity contribution in [3.05, 3.63) is 50.4 Å². The van der Waals surface area contributed by atoms with Crippen LogP contribution < -0.4 is 14.9 Å². The number of ether oxygens (including phenoxy) is 3. The van der Waals surface area contributed by atoms with Gasteiger partial charge in [0, 0.05) is 5.56 Å². The lowest BCUT2D eigenvalue weighted by Gasteiger charge is -2.26. The number of carbonyl (C=O) groups is 2. The molecule has 38 heavy (non-hydrogen) atoms. The highest BCUT2D eigenvalue weighted by molar-refractivity contribution is 9.11. The van der Waals surface area contributed by atoms with Gasteiger partial charge in [-0.2, -0.15) is 0 Å². The summed E-state index contributed by atoms with van der Waals surface area (Å²) in [5.74, 6) is 0.227. The molecule has 9 nitrogen and oxygen atoms in total. The first-order valence-electron chi connectivity index (χ1n) is 12.3. The Morgan fingerprint density at radius 2 is 1.42 bits per heavy atom. The first-order chi connectivity index (χ1) is 17.8. The Bertz CT molecular complexity index is 1140. The summed E-state index contributed by atoms with van der Waals surface area (Å²) in [6, 6.07) is 6.77. The van der Waals surface area contributed by atoms with Gasteiger partial charge < -0.3 is 19.3 Å². The third-order valence-electron chi connectivity index (χ3n) is 5.39. The summed E-state index contributed by atoms with van der Waals surface area (Å²) >= 11 is 7.06. The Balaban J connectivity index is 2.35. The maximum absolute atomic E-state index is 14.0. The standard InChI is InChI=1S/C26H35Br2N2O7P/c1-7-35-25(32)16(5)29-38(34,30-17(6)26(33)36-8-2)14-18-11-21(27)24(22(28)12-18)37-19-9-10-23(31)20(13-19)15(3)4/h9-13,15-17,31H,7-8,14H2,1-6H3,(H2,29,30,34)/t16-,17-/m0/s1. The van der Waals surface area contributed by atoms with Crippen LogP contribution in [0.4, 0.5) is 0 Å². The Hall–Kier alpha value is -1.91. The van der Waals surface area contributed by atoms with Crippen molar-refractivity contribution < 1.29 is 33.5 Å². The van der Waals surface area contributed by atoms with Crippen LogP contribution in [0.1, 0.15) is 58.6 Å². The van der Waals surface area contributed by atoms with Crippen LogP contribution in [-0.4, -0.2) is 42.3 Å². The molecule has 0 aliphatic rings. The van der Waals surface area contributed by atoms with Gasteiger partial charge in [0.15, 0.2) is 5.75 Å². The van der Waals surface area contributed by atoms with Crippen LogP contribution >= 0.6 is 39.3 Å². The van der Waals surface area contributed by atoms with Crippen molar-refractivity contribution in [1.29, 1.82) is 0 Å². The summed E-state index contributed by atoms with van der Waals surface area (Å²) in [5, 5.41) is 15.8. The maximum Gasteiger partial charge on any atom is 0.323 e. The molecule has 0 aromatic heterocycles. The lowest BCUT2D eigenvalue weighted by Crippen LogP contribution is -2.42. The monoisotopic (exact) mass is 676 g/mol. The number of rotatable bonds is 13. The largest absolute Gasteiger partial charge is 0.508 e. The molecular weight excluding hydrogens is 643 g/mol. The molecule has 3 N–H and O–H groups in total. The van der Waals surface area contributed by atoms with Crippen LogP contribution in [-0.2, 0) is 29.8 Å². The van der Waals surface area contributed by atoms with Gasteiger partial charge in [0.25, 0.3) is 0 Å². The molecule has 0 aliphatic carbocycles. The predicted molar refractivity (Wildman–Crippen MR) is 154 cm³/mol. The van der Waals surface area contributed by atoms with E-state index in [0.29, 0.717) is 26.0 Å². The number of hydrogen-bond donors (Lipinski definition) is 3. The normalized spacial score (nSPS) is 13.2. The number of phenols is 1. The Morgan fingerprint density at radius 1 is 0.921 bits per heavy atom. The first kappa shape index (κ1) is 32.3. The number of nitrogens with one attached hydrogen (secondary N) is 2. The number of benzene rings is 2. The van der Waals surface area contributed by atoms with Crippen molar-refractivity contribution in [1.82, 2.24) is 10.2 Å². The molecule has 0 heterocycles. The second-order valence-corrected chi connectivity index (χ2v) is 13.0. The molecule has 2 atom stereocenters. The zero-order valence-corrected chi connectivity index (χ0v) is 26.4. The SMILES string of the molecule is CCOC(=O)[C@H](C)NP(=O)(Cc1cc(Br)c(Oc2ccc(O)c(C(C)C)c2)c(Br)c1)N[C@@H](C)C(=O)OCC. The Kier molecular flexibility index (Phi) is 12.3. The molecule has 0 aliphatic heterocycles. The Labute approximate surface area is 240 Å². The lowest BCUT2D eigenvalue weighted by atomic mass is 10.0. The quantitative estimate of drug-likeness (QED) is 0.159. The van der Waals surface area contributed by atoms with Crippen LogP contribution in [0.5, 0.6) is 17.2 Å². The average molecular weight is 678 g/mol. The van der Waals surface area contributed by atoms with Gasteiger partial charge in [0.1, 0.15) is 23.6 Å². The van der Waals surface area contributed by atoms with Crippen molar-refractivity contribution in [2.75, 3.05) is 13.2 Å². The van der Waals surface area contributed by atoms with E-state index >= 15 is 0 Å². The number of halogens is 2. The molecule has 12 heteroatoms. The molecule has 0 unspecified atom stereocenters. The molecule has 0 fully saturated rings. The van der Waals surface area contributed by atoms with E-state index in [2.05, 4.69) is 42.0 Å². The molecule has 2 rings (SSSR count). The van der Waals surface area contributed by atoms with Gasteiger partial charge in [-0.3, -0.25) is 14.2 Å². The number of aromatic hydroxyl groups is 1. The third-order valence-corrected chi connectivity index (χ3v) is 8.99. The minimum atomic E-state index is -3.57. The Morgan fingerprint density at radius 3 is 1.87 bits per heavy atom. The highest BCUT2D eigenvalue weighted by Gasteiger charge is 2.32. The lowest BCUT2D eigenvalue weighted by molar-refractivity contribution is -0.145. The summed E-state index contributed by atoms with van der Waals surface area (Å²) in [5.41, 5.74) is 1.40. The van der Waals surface area contributed by atoms with Crippen molar-refractivity contribution >= 4 is 51.2 Å². The highest BCUT2D eigenvalue weighted by atomic mass is 79.9. The zero-order chi connectivity index (χ0) is 28.6. The number of phenolic OH excluding ortho intramolecular Hbond substituents is 1. The van der Waals surface area contributed by atoms with Gasteiger partial charge >= 0.3 is 11.9 Å². The van der Waals surface area contributed by atoms with Crippen LogP contribution in [0.25, 0.3) is 0 Å². The number of hydrogen-bond acceptors (Lipinski definition) is 7. The van der Waals surface area contributed by atoms with Gasteiger partial charge in [-0.25, -0.2) is 10.2 Å². The molecule has 210 valence electrons. The van der Waals surface area contributed by atoms with Crippen molar-refractivity contribution in [3.63, 3.8) is 0 Å². The van der Waals surface area contributed by atoms with Crippen molar-refractivity contribution in [2.24, 2.45) is 0 Å². The van der Waals surface area contributed by atoms with E-state index in [9.17, 15) is 19.3 Å². The van der Waals surface area contributed by atoms with Gasteiger partial charge in [0.2, 0.25) is 7.44 Å². The zero-order valence-electron chi connectivity index (χ0n) is 22.3. The van der Waals surface area contributed by atoms with Crippen LogP contribution in [0.3, 0.4) is 0 Å². The van der Waals surface area contributed by atoms with E-state index in [1.165, 1.54) is 0 Å². The van der Waals surface area contributed by atoms with Crippen molar-refractivity contribution in [3.8, 4) is 17.2 Å². The smallest absolute Gasteiger partial charge is 0.323 e. The van der Waals surface area contributed by atoms with Gasteiger partial charge in [-0.05, 0) is 101 Å².